The molecule has 22 heavy (non-hydrogen) atoms. The summed E-state index contributed by atoms with van der Waals surface area (Å²) in [5.41, 5.74) is 2.30. The summed E-state index contributed by atoms with van der Waals surface area (Å²) in [5, 5.41) is 2.73. The van der Waals surface area contributed by atoms with Crippen molar-refractivity contribution in [2.24, 2.45) is 0 Å². The van der Waals surface area contributed by atoms with Gasteiger partial charge in [0, 0.05) is 29.9 Å². The molecule has 1 fully saturated rings. The Bertz CT molecular complexity index is 676. The number of carbonyl (C=O) groups excluding carboxylic acids is 2. The van der Waals surface area contributed by atoms with Crippen molar-refractivity contribution in [3.05, 3.63) is 60.2 Å². The van der Waals surface area contributed by atoms with Crippen molar-refractivity contribution < 1.29 is 9.59 Å². The van der Waals surface area contributed by atoms with E-state index in [1.165, 1.54) is 6.92 Å². The Labute approximate surface area is 129 Å². The molecule has 4 heteroatoms. The van der Waals surface area contributed by atoms with E-state index in [0.29, 0.717) is 5.56 Å². The topological polar surface area (TPSA) is 49.4 Å². The van der Waals surface area contributed by atoms with E-state index in [0.717, 1.165) is 24.2 Å². The van der Waals surface area contributed by atoms with Crippen molar-refractivity contribution in [2.75, 3.05) is 10.2 Å². The van der Waals surface area contributed by atoms with Crippen molar-refractivity contribution >= 4 is 23.2 Å². The zero-order chi connectivity index (χ0) is 15.5. The van der Waals surface area contributed by atoms with Gasteiger partial charge in [0.15, 0.2) is 0 Å². The van der Waals surface area contributed by atoms with E-state index in [1.807, 2.05) is 59.5 Å². The lowest BCUT2D eigenvalue weighted by Crippen LogP contribution is -2.33. The molecule has 2 aromatic carbocycles. The Kier molecular flexibility index (Phi) is 3.92. The summed E-state index contributed by atoms with van der Waals surface area (Å²) in [6, 6.07) is 17.0. The number of nitrogens with one attached hydrogen (secondary N) is 1. The Morgan fingerprint density at radius 1 is 1.00 bits per heavy atom. The van der Waals surface area contributed by atoms with E-state index < -0.39 is 0 Å². The van der Waals surface area contributed by atoms with Gasteiger partial charge >= 0.3 is 0 Å². The molecule has 0 radical (unpaired) electrons. The van der Waals surface area contributed by atoms with Crippen LogP contribution < -0.4 is 10.2 Å². The van der Waals surface area contributed by atoms with Crippen molar-refractivity contribution in [3.8, 4) is 0 Å². The van der Waals surface area contributed by atoms with Crippen LogP contribution in [0.3, 0.4) is 0 Å². The second kappa shape index (κ2) is 6.02. The van der Waals surface area contributed by atoms with Crippen LogP contribution in [-0.2, 0) is 4.79 Å². The summed E-state index contributed by atoms with van der Waals surface area (Å²) in [5.74, 6) is -0.0810. The second-order valence-corrected chi connectivity index (χ2v) is 5.50. The summed E-state index contributed by atoms with van der Waals surface area (Å²) in [4.78, 5) is 25.7. The van der Waals surface area contributed by atoms with Gasteiger partial charge in [0.05, 0.1) is 0 Å². The quantitative estimate of drug-likeness (QED) is 0.939. The molecule has 3 rings (SSSR count). The molecule has 1 aliphatic carbocycles. The molecule has 2 aromatic rings. The first-order chi connectivity index (χ1) is 10.6. The smallest absolute Gasteiger partial charge is 0.258 e. The zero-order valence-corrected chi connectivity index (χ0v) is 12.5. The standard InChI is InChI=1S/C18H18N2O2/c1-13(21)19-15-7-9-16(10-8-15)20(17-11-12-17)18(22)14-5-3-2-4-6-14/h2-10,17H,11-12H2,1H3,(H,19,21). The zero-order valence-electron chi connectivity index (χ0n) is 12.5. The van der Waals surface area contributed by atoms with Gasteiger partial charge in [-0.25, -0.2) is 0 Å². The van der Waals surface area contributed by atoms with Crippen LogP contribution in [0, 0.1) is 0 Å². The number of amides is 2. The molecule has 1 N–H and O–H groups in total. The van der Waals surface area contributed by atoms with Crippen molar-refractivity contribution in [3.63, 3.8) is 0 Å². The van der Waals surface area contributed by atoms with E-state index in [4.69, 9.17) is 0 Å². The van der Waals surface area contributed by atoms with Gasteiger partial charge in [-0.1, -0.05) is 18.2 Å². The Morgan fingerprint density at radius 3 is 2.18 bits per heavy atom. The molecule has 0 saturated heterocycles. The third-order valence-corrected chi connectivity index (χ3v) is 3.62. The SMILES string of the molecule is CC(=O)Nc1ccc(N(C(=O)c2ccccc2)C2CC2)cc1. The van der Waals surface area contributed by atoms with Crippen LogP contribution in [0.1, 0.15) is 30.1 Å². The highest BCUT2D eigenvalue weighted by Gasteiger charge is 2.34. The number of nitrogens with zero attached hydrogens (tertiary/aromatic N) is 1. The van der Waals surface area contributed by atoms with Gasteiger partial charge in [-0.05, 0) is 49.2 Å². The highest BCUT2D eigenvalue weighted by Crippen LogP contribution is 2.33. The Balaban J connectivity index is 1.85. The molecule has 1 saturated carbocycles. The second-order valence-electron chi connectivity index (χ2n) is 5.50. The summed E-state index contributed by atoms with van der Waals surface area (Å²) in [7, 11) is 0. The van der Waals surface area contributed by atoms with Crippen LogP contribution in [0.15, 0.2) is 54.6 Å². The predicted octanol–water partition coefficient (Wildman–Crippen LogP) is 3.45. The van der Waals surface area contributed by atoms with E-state index in [1.54, 1.807) is 0 Å². The molecule has 4 nitrogen and oxygen atoms in total. The van der Waals surface area contributed by atoms with Crippen molar-refractivity contribution in [1.29, 1.82) is 0 Å². The minimum Gasteiger partial charge on any atom is -0.326 e. The lowest BCUT2D eigenvalue weighted by molar-refractivity contribution is -0.114. The van der Waals surface area contributed by atoms with Gasteiger partial charge in [0.2, 0.25) is 5.91 Å². The number of rotatable bonds is 4. The van der Waals surface area contributed by atoms with Gasteiger partial charge in [0.25, 0.3) is 5.91 Å². The van der Waals surface area contributed by atoms with Crippen LogP contribution in [0.4, 0.5) is 11.4 Å². The van der Waals surface area contributed by atoms with E-state index in [2.05, 4.69) is 5.32 Å². The lowest BCUT2D eigenvalue weighted by Gasteiger charge is -2.23. The molecule has 0 spiro atoms. The van der Waals surface area contributed by atoms with Crippen molar-refractivity contribution in [1.82, 2.24) is 0 Å². The highest BCUT2D eigenvalue weighted by atomic mass is 16.2. The van der Waals surface area contributed by atoms with Gasteiger partial charge in [-0.15, -0.1) is 0 Å². The Morgan fingerprint density at radius 2 is 1.64 bits per heavy atom. The minimum absolute atomic E-state index is 0.0235. The maximum absolute atomic E-state index is 12.7. The fourth-order valence-corrected chi connectivity index (χ4v) is 2.46. The molecule has 0 aromatic heterocycles. The first kappa shape index (κ1) is 14.3. The first-order valence-corrected chi connectivity index (χ1v) is 7.41. The molecule has 1 aliphatic rings. The average molecular weight is 294 g/mol. The molecule has 0 heterocycles. The van der Waals surface area contributed by atoms with Gasteiger partial charge in [-0.3, -0.25) is 9.59 Å². The van der Waals surface area contributed by atoms with Gasteiger partial charge in [0.1, 0.15) is 0 Å². The molecule has 0 atom stereocenters. The maximum Gasteiger partial charge on any atom is 0.258 e. The predicted molar refractivity (Wildman–Crippen MR) is 87.0 cm³/mol. The molecule has 0 unspecified atom stereocenters. The fraction of sp³-hybridized carbons (Fsp3) is 0.222. The first-order valence-electron chi connectivity index (χ1n) is 7.41. The lowest BCUT2D eigenvalue weighted by atomic mass is 10.1. The number of anilines is 2. The van der Waals surface area contributed by atoms with E-state index >= 15 is 0 Å². The maximum atomic E-state index is 12.7. The molecule has 0 bridgehead atoms. The highest BCUT2D eigenvalue weighted by molar-refractivity contribution is 6.07. The number of hydrogen-bond acceptors (Lipinski definition) is 2. The van der Waals surface area contributed by atoms with Gasteiger partial charge in [-0.2, -0.15) is 0 Å². The summed E-state index contributed by atoms with van der Waals surface area (Å²) in [6.07, 6.45) is 2.07. The normalized spacial score (nSPS) is 13.5. The molecule has 0 aliphatic heterocycles. The van der Waals surface area contributed by atoms with Crippen LogP contribution in [0.5, 0.6) is 0 Å². The van der Waals surface area contributed by atoms with Crippen LogP contribution in [-0.4, -0.2) is 17.9 Å². The largest absolute Gasteiger partial charge is 0.326 e. The van der Waals surface area contributed by atoms with E-state index in [9.17, 15) is 9.59 Å². The summed E-state index contributed by atoms with van der Waals surface area (Å²) >= 11 is 0. The number of carbonyl (C=O) groups is 2. The minimum atomic E-state index is -0.104. The Hall–Kier alpha value is -2.62. The molecule has 2 amide bonds. The molecular weight excluding hydrogens is 276 g/mol. The molecular formula is C18H18N2O2. The van der Waals surface area contributed by atoms with E-state index in [-0.39, 0.29) is 17.9 Å². The third kappa shape index (κ3) is 3.17. The summed E-state index contributed by atoms with van der Waals surface area (Å²) in [6.45, 7) is 1.48. The van der Waals surface area contributed by atoms with Crippen LogP contribution in [0.25, 0.3) is 0 Å². The average Bonchev–Trinajstić information content (AvgIpc) is 3.34. The third-order valence-electron chi connectivity index (χ3n) is 3.62. The van der Waals surface area contributed by atoms with Gasteiger partial charge < -0.3 is 10.2 Å². The molecule has 112 valence electrons. The summed E-state index contributed by atoms with van der Waals surface area (Å²) < 4.78 is 0. The monoisotopic (exact) mass is 294 g/mol. The number of hydrogen-bond donors (Lipinski definition) is 1. The van der Waals surface area contributed by atoms with Crippen LogP contribution >= 0.6 is 0 Å². The number of benzene rings is 2. The fourth-order valence-electron chi connectivity index (χ4n) is 2.46. The van der Waals surface area contributed by atoms with Crippen LogP contribution in [0.2, 0.25) is 0 Å². The van der Waals surface area contributed by atoms with Crippen molar-refractivity contribution in [2.45, 2.75) is 25.8 Å².